The van der Waals surface area contributed by atoms with Gasteiger partial charge in [-0.05, 0) is 29.8 Å². The van der Waals surface area contributed by atoms with Crippen LogP contribution in [0.1, 0.15) is 17.0 Å². The van der Waals surface area contributed by atoms with E-state index in [-0.39, 0.29) is 5.88 Å². The molecule has 26 heavy (non-hydrogen) atoms. The first-order chi connectivity index (χ1) is 12.7. The molecule has 0 saturated heterocycles. The van der Waals surface area contributed by atoms with Crippen molar-refractivity contribution in [2.24, 2.45) is 5.73 Å². The number of benzene rings is 1. The second kappa shape index (κ2) is 6.26. The highest BCUT2D eigenvalue weighted by molar-refractivity contribution is 5.68. The van der Waals surface area contributed by atoms with Gasteiger partial charge in [-0.1, -0.05) is 18.2 Å². The van der Waals surface area contributed by atoms with Gasteiger partial charge in [-0.2, -0.15) is 5.26 Å². The number of nitrogens with one attached hydrogen (secondary N) is 1. The van der Waals surface area contributed by atoms with Gasteiger partial charge < -0.3 is 15.2 Å². The molecule has 0 aliphatic carbocycles. The number of allylic oxidation sites excluding steroid dienone is 1. The van der Waals surface area contributed by atoms with Crippen LogP contribution >= 0.6 is 0 Å². The van der Waals surface area contributed by atoms with Crippen LogP contribution in [0.2, 0.25) is 0 Å². The summed E-state index contributed by atoms with van der Waals surface area (Å²) >= 11 is 0. The molecule has 7 nitrogen and oxygen atoms in total. The number of aromatic amines is 1. The maximum Gasteiger partial charge on any atom is 0.244 e. The van der Waals surface area contributed by atoms with E-state index in [0.717, 1.165) is 11.1 Å². The van der Waals surface area contributed by atoms with E-state index in [9.17, 15) is 5.26 Å². The topological polar surface area (TPSA) is 110 Å². The van der Waals surface area contributed by atoms with Gasteiger partial charge in [0.1, 0.15) is 17.4 Å². The highest BCUT2D eigenvalue weighted by Crippen LogP contribution is 2.45. The zero-order valence-corrected chi connectivity index (χ0v) is 13.9. The number of nitrogens with two attached hydrogens (primary N) is 1. The summed E-state index contributed by atoms with van der Waals surface area (Å²) in [5, 5.41) is 16.9. The molecule has 0 unspecified atom stereocenters. The van der Waals surface area contributed by atoms with Gasteiger partial charge in [-0.3, -0.25) is 10.1 Å². The van der Waals surface area contributed by atoms with Crippen molar-refractivity contribution in [2.45, 2.75) is 5.92 Å². The minimum absolute atomic E-state index is 0.0480. The second-order valence-corrected chi connectivity index (χ2v) is 5.73. The smallest absolute Gasteiger partial charge is 0.244 e. The number of ether oxygens (including phenoxy) is 2. The lowest BCUT2D eigenvalue weighted by molar-refractivity contribution is 0.378. The zero-order valence-electron chi connectivity index (χ0n) is 13.9. The van der Waals surface area contributed by atoms with Gasteiger partial charge in [-0.25, -0.2) is 0 Å². The van der Waals surface area contributed by atoms with Gasteiger partial charge in [-0.15, -0.1) is 5.10 Å². The highest BCUT2D eigenvalue weighted by atomic mass is 16.5. The fourth-order valence-corrected chi connectivity index (χ4v) is 3.11. The van der Waals surface area contributed by atoms with Crippen molar-refractivity contribution < 1.29 is 9.47 Å². The fraction of sp³-hybridized carbons (Fsp3) is 0.105. The molecule has 2 aromatic heterocycles. The summed E-state index contributed by atoms with van der Waals surface area (Å²) in [5.41, 5.74) is 9.28. The van der Waals surface area contributed by atoms with Crippen molar-refractivity contribution in [3.05, 3.63) is 71.2 Å². The molecular formula is C19H15N5O2. The monoisotopic (exact) mass is 345 g/mol. The first-order valence-electron chi connectivity index (χ1n) is 7.94. The maximum atomic E-state index is 9.70. The van der Waals surface area contributed by atoms with E-state index in [1.807, 2.05) is 42.5 Å². The third-order valence-corrected chi connectivity index (χ3v) is 4.29. The molecule has 7 heteroatoms. The third-order valence-electron chi connectivity index (χ3n) is 4.29. The third kappa shape index (κ3) is 2.45. The van der Waals surface area contributed by atoms with E-state index in [1.165, 1.54) is 0 Å². The molecule has 1 atom stereocenters. The number of hydrogen-bond acceptors (Lipinski definition) is 6. The van der Waals surface area contributed by atoms with E-state index in [0.29, 0.717) is 28.6 Å². The predicted molar refractivity (Wildman–Crippen MR) is 94.1 cm³/mol. The Balaban J connectivity index is 1.95. The van der Waals surface area contributed by atoms with Crippen LogP contribution in [0.5, 0.6) is 11.6 Å². The van der Waals surface area contributed by atoms with Crippen molar-refractivity contribution in [2.75, 3.05) is 7.11 Å². The standard InChI is InChI=1S/C19H15N5O2/c1-25-12-6-4-5-11(9-12)15-13(10-20)18(21)26-19-16(15)17(23-24-19)14-7-2-3-8-22-14/h2-9,15H,21H2,1H3,(H,23,24)/t15-/m0/s1. The average Bonchev–Trinajstić information content (AvgIpc) is 3.10. The van der Waals surface area contributed by atoms with Crippen LogP contribution in [0.25, 0.3) is 11.4 Å². The van der Waals surface area contributed by atoms with Crippen LogP contribution in [-0.2, 0) is 0 Å². The van der Waals surface area contributed by atoms with Gasteiger partial charge >= 0.3 is 0 Å². The fourth-order valence-electron chi connectivity index (χ4n) is 3.11. The summed E-state index contributed by atoms with van der Waals surface area (Å²) in [6.07, 6.45) is 1.70. The molecule has 1 aliphatic heterocycles. The largest absolute Gasteiger partial charge is 0.497 e. The van der Waals surface area contributed by atoms with Gasteiger partial charge in [0.05, 0.1) is 30.0 Å². The molecule has 128 valence electrons. The Bertz CT molecular complexity index is 1030. The van der Waals surface area contributed by atoms with Crippen LogP contribution in [-0.4, -0.2) is 22.3 Å². The van der Waals surface area contributed by atoms with E-state index in [2.05, 4.69) is 21.3 Å². The number of aromatic nitrogens is 3. The molecular weight excluding hydrogens is 330 g/mol. The SMILES string of the molecule is COc1cccc([C@H]2C(C#N)=C(N)Oc3n[nH]c(-c4ccccn4)c32)c1. The summed E-state index contributed by atoms with van der Waals surface area (Å²) in [5.74, 6) is 0.644. The van der Waals surface area contributed by atoms with Crippen LogP contribution in [0.3, 0.4) is 0 Å². The van der Waals surface area contributed by atoms with Crippen LogP contribution in [0.15, 0.2) is 60.1 Å². The first-order valence-corrected chi connectivity index (χ1v) is 7.94. The van der Waals surface area contributed by atoms with Crippen molar-refractivity contribution >= 4 is 0 Å². The molecule has 1 aromatic carbocycles. The molecule has 0 spiro atoms. The van der Waals surface area contributed by atoms with Crippen molar-refractivity contribution in [1.29, 1.82) is 5.26 Å². The van der Waals surface area contributed by atoms with Crippen LogP contribution in [0.4, 0.5) is 0 Å². The number of nitriles is 1. The Hall–Kier alpha value is -3.79. The van der Waals surface area contributed by atoms with Gasteiger partial charge in [0.25, 0.3) is 0 Å². The Morgan fingerprint density at radius 1 is 1.27 bits per heavy atom. The predicted octanol–water partition coefficient (Wildman–Crippen LogP) is 2.70. The number of H-pyrrole nitrogens is 1. The lowest BCUT2D eigenvalue weighted by atomic mass is 9.83. The summed E-state index contributed by atoms with van der Waals surface area (Å²) in [4.78, 5) is 4.38. The molecule has 0 saturated carbocycles. The Labute approximate surface area is 149 Å². The quantitative estimate of drug-likeness (QED) is 0.755. The Morgan fingerprint density at radius 3 is 2.88 bits per heavy atom. The van der Waals surface area contributed by atoms with Gasteiger partial charge in [0.2, 0.25) is 11.8 Å². The van der Waals surface area contributed by atoms with Gasteiger partial charge in [0, 0.05) is 6.20 Å². The van der Waals surface area contributed by atoms with Crippen LogP contribution < -0.4 is 15.2 Å². The highest BCUT2D eigenvalue weighted by Gasteiger charge is 2.36. The summed E-state index contributed by atoms with van der Waals surface area (Å²) < 4.78 is 10.9. The molecule has 4 rings (SSSR count). The first kappa shape index (κ1) is 15.7. The summed E-state index contributed by atoms with van der Waals surface area (Å²) in [6, 6.07) is 15.3. The van der Waals surface area contributed by atoms with Crippen molar-refractivity contribution in [3.8, 4) is 29.1 Å². The van der Waals surface area contributed by atoms with E-state index >= 15 is 0 Å². The Kier molecular flexibility index (Phi) is 3.78. The molecule has 0 radical (unpaired) electrons. The van der Waals surface area contributed by atoms with Crippen molar-refractivity contribution in [1.82, 2.24) is 15.2 Å². The van der Waals surface area contributed by atoms with Gasteiger partial charge in [0.15, 0.2) is 0 Å². The lowest BCUT2D eigenvalue weighted by Crippen LogP contribution is -2.21. The minimum atomic E-state index is -0.436. The molecule has 3 N–H and O–H groups in total. The maximum absolute atomic E-state index is 9.70. The Morgan fingerprint density at radius 2 is 2.15 bits per heavy atom. The molecule has 1 aliphatic rings. The normalized spacial score (nSPS) is 15.8. The number of hydrogen-bond donors (Lipinski definition) is 2. The number of pyridine rings is 1. The number of fused-ring (bicyclic) bond motifs is 1. The van der Waals surface area contributed by atoms with E-state index in [4.69, 9.17) is 15.2 Å². The summed E-state index contributed by atoms with van der Waals surface area (Å²) in [6.45, 7) is 0. The summed E-state index contributed by atoms with van der Waals surface area (Å²) in [7, 11) is 1.60. The number of methoxy groups -OCH3 is 1. The van der Waals surface area contributed by atoms with Crippen molar-refractivity contribution in [3.63, 3.8) is 0 Å². The number of rotatable bonds is 3. The lowest BCUT2D eigenvalue weighted by Gasteiger charge is -2.24. The van der Waals surface area contributed by atoms with E-state index < -0.39 is 5.92 Å². The molecule has 0 amide bonds. The molecule has 3 heterocycles. The molecule has 0 fully saturated rings. The average molecular weight is 345 g/mol. The zero-order chi connectivity index (χ0) is 18.1. The van der Waals surface area contributed by atoms with E-state index in [1.54, 1.807) is 13.3 Å². The molecule has 3 aromatic rings. The minimum Gasteiger partial charge on any atom is -0.497 e. The molecule has 0 bridgehead atoms. The second-order valence-electron chi connectivity index (χ2n) is 5.73. The number of nitrogens with zero attached hydrogens (tertiary/aromatic N) is 3. The van der Waals surface area contributed by atoms with Crippen LogP contribution in [0, 0.1) is 11.3 Å².